The molecule has 0 unspecified atom stereocenters. The summed E-state index contributed by atoms with van der Waals surface area (Å²) in [5, 5.41) is 8.81. The summed E-state index contributed by atoms with van der Waals surface area (Å²) < 4.78 is 17.6. The van der Waals surface area contributed by atoms with E-state index in [1.165, 1.54) is 0 Å². The lowest BCUT2D eigenvalue weighted by molar-refractivity contribution is -0.136. The second kappa shape index (κ2) is 11.6. The number of para-hydroxylation sites is 1. The molecule has 0 aliphatic heterocycles. The van der Waals surface area contributed by atoms with Gasteiger partial charge in [-0.3, -0.25) is 4.79 Å². The lowest BCUT2D eigenvalue weighted by atomic mass is 10.1. The van der Waals surface area contributed by atoms with Crippen molar-refractivity contribution in [2.45, 2.75) is 32.6 Å². The van der Waals surface area contributed by atoms with Gasteiger partial charge < -0.3 is 19.3 Å². The van der Waals surface area contributed by atoms with Gasteiger partial charge in [-0.15, -0.1) is 0 Å². The van der Waals surface area contributed by atoms with E-state index in [4.69, 9.17) is 19.3 Å². The number of aryl methyl sites for hydroxylation is 1. The molecule has 3 rings (SSSR count). The summed E-state index contributed by atoms with van der Waals surface area (Å²) >= 11 is 0. The van der Waals surface area contributed by atoms with Gasteiger partial charge in [0.05, 0.1) is 19.6 Å². The minimum Gasteiger partial charge on any atom is -0.493 e. The molecule has 0 fully saturated rings. The van der Waals surface area contributed by atoms with E-state index in [1.54, 1.807) is 24.3 Å². The maximum atomic E-state index is 10.7. The molecule has 5 nitrogen and oxygen atoms in total. The molecule has 0 atom stereocenters. The Labute approximate surface area is 183 Å². The molecular weight excluding hydrogens is 392 g/mol. The molecule has 0 heterocycles. The van der Waals surface area contributed by atoms with Gasteiger partial charge in [-0.25, -0.2) is 0 Å². The van der Waals surface area contributed by atoms with E-state index in [-0.39, 0.29) is 6.42 Å². The number of rotatable bonds is 12. The van der Waals surface area contributed by atoms with E-state index in [1.807, 2.05) is 48.5 Å². The number of aliphatic carboxylic acids is 1. The number of carboxylic acid groups (broad SMARTS) is 1. The Morgan fingerprint density at radius 3 is 2.26 bits per heavy atom. The topological polar surface area (TPSA) is 65.0 Å². The third kappa shape index (κ3) is 7.37. The van der Waals surface area contributed by atoms with Crippen LogP contribution in [0.2, 0.25) is 0 Å². The van der Waals surface area contributed by atoms with Gasteiger partial charge in [0, 0.05) is 6.42 Å². The van der Waals surface area contributed by atoms with Crippen molar-refractivity contribution in [3.63, 3.8) is 0 Å². The molecule has 0 saturated heterocycles. The highest BCUT2D eigenvalue weighted by Gasteiger charge is 2.07. The number of carboxylic acids is 1. The van der Waals surface area contributed by atoms with Gasteiger partial charge in [0.25, 0.3) is 0 Å². The van der Waals surface area contributed by atoms with E-state index in [0.717, 1.165) is 53.4 Å². The molecule has 0 aliphatic rings. The van der Waals surface area contributed by atoms with Crippen molar-refractivity contribution in [2.24, 2.45) is 0 Å². The van der Waals surface area contributed by atoms with E-state index < -0.39 is 5.97 Å². The van der Waals surface area contributed by atoms with Crippen LogP contribution in [0.3, 0.4) is 0 Å². The molecule has 3 aromatic rings. The summed E-state index contributed by atoms with van der Waals surface area (Å²) in [5.74, 6) is 2.37. The van der Waals surface area contributed by atoms with Crippen LogP contribution < -0.4 is 14.2 Å². The lowest BCUT2D eigenvalue weighted by Gasteiger charge is -2.14. The Kier molecular flexibility index (Phi) is 8.35. The highest BCUT2D eigenvalue weighted by Crippen LogP contribution is 2.29. The summed E-state index contributed by atoms with van der Waals surface area (Å²) in [6.45, 7) is 3.22. The van der Waals surface area contributed by atoms with Crippen molar-refractivity contribution in [1.29, 1.82) is 0 Å². The smallest absolute Gasteiger partial charge is 0.307 e. The third-order valence-corrected chi connectivity index (χ3v) is 4.62. The predicted molar refractivity (Wildman–Crippen MR) is 120 cm³/mol. The Bertz CT molecular complexity index is 951. The zero-order valence-electron chi connectivity index (χ0n) is 17.8. The van der Waals surface area contributed by atoms with Gasteiger partial charge in [0.1, 0.15) is 23.0 Å². The first kappa shape index (κ1) is 22.2. The molecule has 0 bridgehead atoms. The quantitative estimate of drug-likeness (QED) is 0.369. The van der Waals surface area contributed by atoms with Gasteiger partial charge in [0.2, 0.25) is 0 Å². The van der Waals surface area contributed by atoms with Crippen LogP contribution in [-0.4, -0.2) is 24.3 Å². The van der Waals surface area contributed by atoms with Crippen LogP contribution in [0.25, 0.3) is 0 Å². The van der Waals surface area contributed by atoms with Crippen LogP contribution in [0.1, 0.15) is 30.9 Å². The highest BCUT2D eigenvalue weighted by molar-refractivity contribution is 5.70. The molecule has 0 radical (unpaired) electrons. The number of benzene rings is 3. The van der Waals surface area contributed by atoms with Crippen LogP contribution in [0.15, 0.2) is 72.8 Å². The van der Waals surface area contributed by atoms with Crippen molar-refractivity contribution in [3.05, 3.63) is 83.9 Å². The van der Waals surface area contributed by atoms with Gasteiger partial charge in [-0.05, 0) is 60.0 Å². The number of carbonyl (C=O) groups is 1. The monoisotopic (exact) mass is 420 g/mol. The molecule has 162 valence electrons. The Morgan fingerprint density at radius 1 is 0.839 bits per heavy atom. The van der Waals surface area contributed by atoms with Gasteiger partial charge in [-0.1, -0.05) is 43.7 Å². The average Bonchev–Trinajstić information content (AvgIpc) is 2.76. The Balaban J connectivity index is 1.47. The van der Waals surface area contributed by atoms with Crippen LogP contribution in [0.4, 0.5) is 0 Å². The fraction of sp³-hybridized carbons (Fsp3) is 0.269. The van der Waals surface area contributed by atoms with Gasteiger partial charge in [0.15, 0.2) is 0 Å². The fourth-order valence-corrected chi connectivity index (χ4v) is 3.16. The number of ether oxygens (including phenoxy) is 3. The highest BCUT2D eigenvalue weighted by atomic mass is 16.5. The predicted octanol–water partition coefficient (Wildman–Crippen LogP) is 5.91. The van der Waals surface area contributed by atoms with Crippen LogP contribution in [0.5, 0.6) is 23.0 Å². The van der Waals surface area contributed by atoms with Crippen molar-refractivity contribution in [3.8, 4) is 23.0 Å². The van der Waals surface area contributed by atoms with Crippen LogP contribution in [0, 0.1) is 0 Å². The first-order chi connectivity index (χ1) is 15.1. The molecule has 31 heavy (non-hydrogen) atoms. The summed E-state index contributed by atoms with van der Waals surface area (Å²) in [7, 11) is 0. The maximum Gasteiger partial charge on any atom is 0.307 e. The van der Waals surface area contributed by atoms with E-state index in [2.05, 4.69) is 6.92 Å². The summed E-state index contributed by atoms with van der Waals surface area (Å²) in [6, 6.07) is 22.8. The normalized spacial score (nSPS) is 10.5. The molecular formula is C26H28O5. The van der Waals surface area contributed by atoms with Crippen molar-refractivity contribution in [2.75, 3.05) is 13.2 Å². The molecule has 0 aromatic heterocycles. The largest absolute Gasteiger partial charge is 0.493 e. The molecule has 0 aliphatic carbocycles. The Morgan fingerprint density at radius 2 is 1.55 bits per heavy atom. The van der Waals surface area contributed by atoms with Crippen molar-refractivity contribution in [1.82, 2.24) is 0 Å². The maximum absolute atomic E-state index is 10.7. The SMILES string of the molecule is CCCc1cc(Oc2ccccc2)ccc1OCCCOc1ccc(CC(=O)O)cc1. The van der Waals surface area contributed by atoms with Gasteiger partial charge >= 0.3 is 5.97 Å². The van der Waals surface area contributed by atoms with Gasteiger partial charge in [-0.2, -0.15) is 0 Å². The zero-order valence-corrected chi connectivity index (χ0v) is 17.8. The van der Waals surface area contributed by atoms with E-state index in [9.17, 15) is 4.79 Å². The average molecular weight is 421 g/mol. The zero-order chi connectivity index (χ0) is 21.9. The molecule has 5 heteroatoms. The lowest BCUT2D eigenvalue weighted by Crippen LogP contribution is -2.06. The molecule has 3 aromatic carbocycles. The fourth-order valence-electron chi connectivity index (χ4n) is 3.16. The number of hydrogen-bond donors (Lipinski definition) is 1. The second-order valence-corrected chi connectivity index (χ2v) is 7.20. The molecule has 0 spiro atoms. The van der Waals surface area contributed by atoms with Crippen LogP contribution in [-0.2, 0) is 17.6 Å². The molecule has 0 saturated carbocycles. The molecule has 0 amide bonds. The molecule has 1 N–H and O–H groups in total. The van der Waals surface area contributed by atoms with E-state index >= 15 is 0 Å². The van der Waals surface area contributed by atoms with E-state index in [0.29, 0.717) is 13.2 Å². The minimum atomic E-state index is -0.840. The van der Waals surface area contributed by atoms with Crippen molar-refractivity contribution < 1.29 is 24.1 Å². The summed E-state index contributed by atoms with van der Waals surface area (Å²) in [6.07, 6.45) is 2.70. The number of hydrogen-bond acceptors (Lipinski definition) is 4. The third-order valence-electron chi connectivity index (χ3n) is 4.62. The van der Waals surface area contributed by atoms with Crippen LogP contribution >= 0.6 is 0 Å². The minimum absolute atomic E-state index is 0.0173. The standard InChI is InChI=1S/C26H28O5/c1-2-7-21-19-24(31-23-8-4-3-5-9-23)14-15-25(21)30-17-6-16-29-22-12-10-20(11-13-22)18-26(27)28/h3-5,8-15,19H,2,6-7,16-18H2,1H3,(H,27,28). The Hall–Kier alpha value is -3.47. The summed E-state index contributed by atoms with van der Waals surface area (Å²) in [5.41, 5.74) is 1.89. The first-order valence-corrected chi connectivity index (χ1v) is 10.6. The van der Waals surface area contributed by atoms with Crippen molar-refractivity contribution >= 4 is 5.97 Å². The summed E-state index contributed by atoms with van der Waals surface area (Å²) in [4.78, 5) is 10.7. The first-order valence-electron chi connectivity index (χ1n) is 10.6. The second-order valence-electron chi connectivity index (χ2n) is 7.20.